The molecule has 1 aromatic rings. The van der Waals surface area contributed by atoms with E-state index in [4.69, 9.17) is 11.1 Å². The molecule has 0 saturated carbocycles. The van der Waals surface area contributed by atoms with Crippen LogP contribution in [0.2, 0.25) is 0 Å². The van der Waals surface area contributed by atoms with Crippen LogP contribution in [0.1, 0.15) is 44.4 Å². The van der Waals surface area contributed by atoms with Gasteiger partial charge in [0.05, 0.1) is 5.56 Å². The Morgan fingerprint density at radius 1 is 1.50 bits per heavy atom. The number of aromatic nitrogens is 1. The number of hydrogen-bond donors (Lipinski definition) is 2. The van der Waals surface area contributed by atoms with Crippen molar-refractivity contribution >= 4 is 5.84 Å². The van der Waals surface area contributed by atoms with Crippen LogP contribution in [0.4, 0.5) is 0 Å². The van der Waals surface area contributed by atoms with Crippen LogP contribution in [0.25, 0.3) is 0 Å². The zero-order valence-electron chi connectivity index (χ0n) is 10.1. The summed E-state index contributed by atoms with van der Waals surface area (Å²) in [5, 5.41) is 7.35. The van der Waals surface area contributed by atoms with E-state index in [-0.39, 0.29) is 17.0 Å². The number of nitrogen functional groups attached to an aromatic ring is 1. The topological polar surface area (TPSA) is 71.9 Å². The molecule has 0 saturated heterocycles. The smallest absolute Gasteiger partial charge is 0.261 e. The molecule has 16 heavy (non-hydrogen) atoms. The van der Waals surface area contributed by atoms with E-state index in [9.17, 15) is 4.79 Å². The van der Waals surface area contributed by atoms with Gasteiger partial charge in [0, 0.05) is 12.2 Å². The monoisotopic (exact) mass is 221 g/mol. The molecule has 0 atom stereocenters. The third-order valence-corrected chi connectivity index (χ3v) is 2.54. The van der Waals surface area contributed by atoms with Crippen molar-refractivity contribution in [1.29, 1.82) is 5.41 Å². The van der Waals surface area contributed by atoms with Gasteiger partial charge in [-0.15, -0.1) is 0 Å². The number of rotatable bonds is 4. The standard InChI is InChI=1S/C12H19N3O/c1-4-7-15-10(8(2)3)6-5-9(11(13)14)12(15)16/h5-6,8H,4,7H2,1-3H3,(H3,13,14). The van der Waals surface area contributed by atoms with Crippen molar-refractivity contribution in [2.75, 3.05) is 0 Å². The van der Waals surface area contributed by atoms with Gasteiger partial charge in [0.1, 0.15) is 5.84 Å². The van der Waals surface area contributed by atoms with Gasteiger partial charge in [0.25, 0.3) is 5.56 Å². The summed E-state index contributed by atoms with van der Waals surface area (Å²) in [5.74, 6) is 0.130. The van der Waals surface area contributed by atoms with Crippen LogP contribution < -0.4 is 11.3 Å². The van der Waals surface area contributed by atoms with Gasteiger partial charge in [-0.2, -0.15) is 0 Å². The van der Waals surface area contributed by atoms with Gasteiger partial charge >= 0.3 is 0 Å². The molecule has 0 aromatic carbocycles. The third kappa shape index (κ3) is 2.32. The molecule has 0 bridgehead atoms. The second kappa shape index (κ2) is 4.96. The lowest BCUT2D eigenvalue weighted by Crippen LogP contribution is -2.31. The van der Waals surface area contributed by atoms with Crippen LogP contribution in [-0.4, -0.2) is 10.4 Å². The van der Waals surface area contributed by atoms with Crippen LogP contribution in [0.5, 0.6) is 0 Å². The highest BCUT2D eigenvalue weighted by molar-refractivity contribution is 5.94. The number of hydrogen-bond acceptors (Lipinski definition) is 2. The molecule has 1 rings (SSSR count). The van der Waals surface area contributed by atoms with Gasteiger partial charge < -0.3 is 10.3 Å². The zero-order chi connectivity index (χ0) is 12.3. The lowest BCUT2D eigenvalue weighted by atomic mass is 10.1. The Labute approximate surface area is 95.6 Å². The summed E-state index contributed by atoms with van der Waals surface area (Å²) < 4.78 is 1.72. The highest BCUT2D eigenvalue weighted by atomic mass is 16.1. The Hall–Kier alpha value is -1.58. The minimum atomic E-state index is -0.162. The summed E-state index contributed by atoms with van der Waals surface area (Å²) in [6.45, 7) is 6.80. The largest absolute Gasteiger partial charge is 0.384 e. The average molecular weight is 221 g/mol. The SMILES string of the molecule is CCCn1c(C(C)C)ccc(C(=N)N)c1=O. The first kappa shape index (κ1) is 12.5. The number of nitrogens with zero attached hydrogens (tertiary/aromatic N) is 1. The maximum absolute atomic E-state index is 12.1. The van der Waals surface area contributed by atoms with Crippen molar-refractivity contribution in [3.63, 3.8) is 0 Å². The molecule has 0 fully saturated rings. The maximum atomic E-state index is 12.1. The number of nitrogens with one attached hydrogen (secondary N) is 1. The van der Waals surface area contributed by atoms with E-state index >= 15 is 0 Å². The molecular weight excluding hydrogens is 202 g/mol. The van der Waals surface area contributed by atoms with E-state index in [0.29, 0.717) is 12.5 Å². The van der Waals surface area contributed by atoms with Crippen LogP contribution in [0, 0.1) is 5.41 Å². The van der Waals surface area contributed by atoms with E-state index in [1.165, 1.54) is 0 Å². The number of pyridine rings is 1. The van der Waals surface area contributed by atoms with Crippen molar-refractivity contribution in [2.45, 2.75) is 39.7 Å². The van der Waals surface area contributed by atoms with E-state index in [0.717, 1.165) is 12.1 Å². The van der Waals surface area contributed by atoms with Gasteiger partial charge in [-0.25, -0.2) is 0 Å². The highest BCUT2D eigenvalue weighted by Crippen LogP contribution is 2.13. The van der Waals surface area contributed by atoms with Crippen molar-refractivity contribution in [1.82, 2.24) is 4.57 Å². The number of nitrogens with two attached hydrogens (primary N) is 1. The molecule has 1 heterocycles. The van der Waals surface area contributed by atoms with Gasteiger partial charge in [-0.05, 0) is 24.5 Å². The summed E-state index contributed by atoms with van der Waals surface area (Å²) in [5.41, 5.74) is 6.51. The van der Waals surface area contributed by atoms with E-state index in [1.54, 1.807) is 10.6 Å². The average Bonchev–Trinajstić information content (AvgIpc) is 2.20. The summed E-state index contributed by atoms with van der Waals surface area (Å²) in [4.78, 5) is 12.1. The lowest BCUT2D eigenvalue weighted by Gasteiger charge is -2.16. The van der Waals surface area contributed by atoms with E-state index in [2.05, 4.69) is 0 Å². The van der Waals surface area contributed by atoms with Crippen LogP contribution >= 0.6 is 0 Å². The van der Waals surface area contributed by atoms with E-state index in [1.807, 2.05) is 26.8 Å². The second-order valence-electron chi connectivity index (χ2n) is 4.20. The predicted octanol–water partition coefficient (Wildman–Crippen LogP) is 1.67. The Morgan fingerprint density at radius 3 is 2.56 bits per heavy atom. The van der Waals surface area contributed by atoms with E-state index < -0.39 is 0 Å². The second-order valence-corrected chi connectivity index (χ2v) is 4.20. The van der Waals surface area contributed by atoms with Crippen LogP contribution in [0.15, 0.2) is 16.9 Å². The number of amidine groups is 1. The van der Waals surface area contributed by atoms with Crippen LogP contribution in [-0.2, 0) is 6.54 Å². The molecule has 0 amide bonds. The normalized spacial score (nSPS) is 10.8. The lowest BCUT2D eigenvalue weighted by molar-refractivity contribution is 0.595. The summed E-state index contributed by atoms with van der Waals surface area (Å²) >= 11 is 0. The Bertz CT molecular complexity index is 446. The highest BCUT2D eigenvalue weighted by Gasteiger charge is 2.12. The first-order valence-electron chi connectivity index (χ1n) is 5.57. The summed E-state index contributed by atoms with van der Waals surface area (Å²) in [7, 11) is 0. The van der Waals surface area contributed by atoms with Crippen LogP contribution in [0.3, 0.4) is 0 Å². The third-order valence-electron chi connectivity index (χ3n) is 2.54. The minimum absolute atomic E-state index is 0.152. The molecule has 0 radical (unpaired) electrons. The molecule has 0 aliphatic rings. The molecule has 3 N–H and O–H groups in total. The molecule has 0 spiro atoms. The fraction of sp³-hybridized carbons (Fsp3) is 0.500. The quantitative estimate of drug-likeness (QED) is 0.599. The minimum Gasteiger partial charge on any atom is -0.384 e. The van der Waals surface area contributed by atoms with Crippen molar-refractivity contribution < 1.29 is 0 Å². The molecule has 0 aliphatic carbocycles. The molecule has 0 aliphatic heterocycles. The molecule has 88 valence electrons. The van der Waals surface area contributed by atoms with Gasteiger partial charge in [-0.1, -0.05) is 20.8 Å². The fourth-order valence-electron chi connectivity index (χ4n) is 1.76. The molecule has 1 aromatic heterocycles. The van der Waals surface area contributed by atoms with Gasteiger partial charge in [0.15, 0.2) is 0 Å². The van der Waals surface area contributed by atoms with Crippen molar-refractivity contribution in [3.8, 4) is 0 Å². The molecule has 0 unspecified atom stereocenters. The first-order valence-corrected chi connectivity index (χ1v) is 5.57. The zero-order valence-corrected chi connectivity index (χ0v) is 10.1. The predicted molar refractivity (Wildman–Crippen MR) is 66.1 cm³/mol. The molecule has 4 heteroatoms. The Kier molecular flexibility index (Phi) is 3.88. The maximum Gasteiger partial charge on any atom is 0.261 e. The van der Waals surface area contributed by atoms with Crippen molar-refractivity contribution in [2.24, 2.45) is 5.73 Å². The van der Waals surface area contributed by atoms with Gasteiger partial charge in [-0.3, -0.25) is 10.2 Å². The van der Waals surface area contributed by atoms with Gasteiger partial charge in [0.2, 0.25) is 0 Å². The fourth-order valence-corrected chi connectivity index (χ4v) is 1.76. The summed E-state index contributed by atoms with van der Waals surface area (Å²) in [6.07, 6.45) is 0.890. The Balaban J connectivity index is 3.42. The first-order chi connectivity index (χ1) is 7.49. The Morgan fingerprint density at radius 2 is 2.12 bits per heavy atom. The molecule has 4 nitrogen and oxygen atoms in total. The molecular formula is C12H19N3O. The van der Waals surface area contributed by atoms with Crippen molar-refractivity contribution in [3.05, 3.63) is 33.7 Å². The summed E-state index contributed by atoms with van der Waals surface area (Å²) in [6, 6.07) is 3.53.